The van der Waals surface area contributed by atoms with Crippen LogP contribution in [0.2, 0.25) is 0 Å². The van der Waals surface area contributed by atoms with Crippen LogP contribution >= 0.6 is 11.3 Å². The number of aliphatic hydroxyl groups excluding tert-OH is 1. The second-order valence-corrected chi connectivity index (χ2v) is 7.39. The maximum Gasteiger partial charge on any atom is 0.147 e. The number of halogens is 1. The SMILES string of the molecule is Cc1cc(-n2ccc(-c3nccs3)n2)c(CCO)c(Nc2ccc(C#N)cc2F)n1. The van der Waals surface area contributed by atoms with Gasteiger partial charge < -0.3 is 10.4 Å². The van der Waals surface area contributed by atoms with Crippen molar-refractivity contribution >= 4 is 22.8 Å². The molecule has 30 heavy (non-hydrogen) atoms. The minimum Gasteiger partial charge on any atom is -0.396 e. The summed E-state index contributed by atoms with van der Waals surface area (Å²) in [6.45, 7) is 1.72. The topological polar surface area (TPSA) is 99.6 Å². The Morgan fingerprint density at radius 1 is 1.30 bits per heavy atom. The third-order valence-corrected chi connectivity index (χ3v) is 5.22. The van der Waals surface area contributed by atoms with Crippen LogP contribution in [0.25, 0.3) is 16.4 Å². The molecule has 0 aliphatic rings. The molecule has 1 aromatic carbocycles. The van der Waals surface area contributed by atoms with Crippen LogP contribution in [0.3, 0.4) is 0 Å². The summed E-state index contributed by atoms with van der Waals surface area (Å²) in [4.78, 5) is 8.79. The highest BCUT2D eigenvalue weighted by Gasteiger charge is 2.16. The fourth-order valence-electron chi connectivity index (χ4n) is 3.08. The van der Waals surface area contributed by atoms with E-state index in [4.69, 9.17) is 5.26 Å². The second kappa shape index (κ2) is 8.41. The zero-order valence-corrected chi connectivity index (χ0v) is 16.8. The minimum absolute atomic E-state index is 0.108. The van der Waals surface area contributed by atoms with Crippen LogP contribution in [0, 0.1) is 24.1 Å². The van der Waals surface area contributed by atoms with Crippen LogP contribution in [-0.2, 0) is 6.42 Å². The molecule has 3 heterocycles. The molecule has 7 nitrogen and oxygen atoms in total. The summed E-state index contributed by atoms with van der Waals surface area (Å²) in [7, 11) is 0. The molecule has 0 unspecified atom stereocenters. The summed E-state index contributed by atoms with van der Waals surface area (Å²) in [5, 5.41) is 28.9. The molecule has 0 bridgehead atoms. The number of hydrogen-bond donors (Lipinski definition) is 2. The molecule has 0 aliphatic carbocycles. The zero-order valence-electron chi connectivity index (χ0n) is 16.0. The van der Waals surface area contributed by atoms with E-state index in [2.05, 4.69) is 20.4 Å². The van der Waals surface area contributed by atoms with E-state index in [0.717, 1.165) is 16.4 Å². The van der Waals surface area contributed by atoms with E-state index >= 15 is 0 Å². The molecule has 0 saturated heterocycles. The fourth-order valence-corrected chi connectivity index (χ4v) is 3.69. The molecule has 0 atom stereocenters. The van der Waals surface area contributed by atoms with Crippen LogP contribution in [0.5, 0.6) is 0 Å². The average molecular weight is 420 g/mol. The molecule has 150 valence electrons. The minimum atomic E-state index is -0.556. The molecule has 4 rings (SSSR count). The van der Waals surface area contributed by atoms with Crippen LogP contribution in [0.1, 0.15) is 16.8 Å². The van der Waals surface area contributed by atoms with Crippen molar-refractivity contribution in [1.29, 1.82) is 5.26 Å². The normalized spacial score (nSPS) is 10.7. The van der Waals surface area contributed by atoms with Crippen molar-refractivity contribution in [2.24, 2.45) is 0 Å². The number of aromatic nitrogens is 4. The van der Waals surface area contributed by atoms with E-state index in [-0.39, 0.29) is 17.9 Å². The van der Waals surface area contributed by atoms with E-state index in [1.54, 1.807) is 10.9 Å². The first kappa shape index (κ1) is 19.7. The van der Waals surface area contributed by atoms with E-state index < -0.39 is 5.82 Å². The number of hydrogen-bond acceptors (Lipinski definition) is 7. The first-order valence-corrected chi connectivity index (χ1v) is 10.0. The highest BCUT2D eigenvalue weighted by Crippen LogP contribution is 2.29. The molecule has 2 N–H and O–H groups in total. The summed E-state index contributed by atoms with van der Waals surface area (Å²) >= 11 is 1.50. The first-order chi connectivity index (χ1) is 14.6. The highest BCUT2D eigenvalue weighted by molar-refractivity contribution is 7.13. The van der Waals surface area contributed by atoms with Crippen molar-refractivity contribution in [3.05, 3.63) is 70.7 Å². The number of rotatable bonds is 6. The number of aryl methyl sites for hydroxylation is 1. The summed E-state index contributed by atoms with van der Waals surface area (Å²) in [6, 6.07) is 9.83. The third kappa shape index (κ3) is 3.91. The predicted molar refractivity (Wildman–Crippen MR) is 112 cm³/mol. The maximum absolute atomic E-state index is 14.4. The fraction of sp³-hybridized carbons (Fsp3) is 0.143. The Bertz CT molecular complexity index is 1230. The Morgan fingerprint density at radius 2 is 2.17 bits per heavy atom. The Labute approximate surface area is 176 Å². The standard InChI is InChI=1S/C21H17FN6OS/c1-13-10-19(28-7-4-18(27-28)21-24-6-9-30-21)15(5-8-29)20(25-13)26-17-3-2-14(12-23)11-16(17)22/h2-4,6-7,9-11,29H,5,8H2,1H3,(H,25,26). The molecule has 0 aliphatic heterocycles. The van der Waals surface area contributed by atoms with Gasteiger partial charge in [0.1, 0.15) is 22.3 Å². The van der Waals surface area contributed by atoms with Gasteiger partial charge in [0.25, 0.3) is 0 Å². The largest absolute Gasteiger partial charge is 0.396 e. The van der Waals surface area contributed by atoms with E-state index in [1.807, 2.05) is 36.7 Å². The monoisotopic (exact) mass is 420 g/mol. The summed E-state index contributed by atoms with van der Waals surface area (Å²) < 4.78 is 16.1. The molecule has 4 aromatic rings. The van der Waals surface area contributed by atoms with E-state index in [1.165, 1.54) is 29.5 Å². The van der Waals surface area contributed by atoms with Gasteiger partial charge in [0, 0.05) is 42.1 Å². The quantitative estimate of drug-likeness (QED) is 0.489. The van der Waals surface area contributed by atoms with Crippen LogP contribution < -0.4 is 5.32 Å². The van der Waals surface area contributed by atoms with Crippen molar-refractivity contribution in [1.82, 2.24) is 19.7 Å². The van der Waals surface area contributed by atoms with Gasteiger partial charge in [-0.25, -0.2) is 19.0 Å². The van der Waals surface area contributed by atoms with Gasteiger partial charge in [-0.1, -0.05) is 0 Å². The Hall–Kier alpha value is -3.61. The van der Waals surface area contributed by atoms with Gasteiger partial charge in [0.2, 0.25) is 0 Å². The van der Waals surface area contributed by atoms with Gasteiger partial charge in [-0.3, -0.25) is 0 Å². The lowest BCUT2D eigenvalue weighted by Gasteiger charge is -2.16. The number of nitriles is 1. The molecule has 3 aromatic heterocycles. The van der Waals surface area contributed by atoms with Crippen LogP contribution in [-0.4, -0.2) is 31.5 Å². The second-order valence-electron chi connectivity index (χ2n) is 6.50. The third-order valence-electron chi connectivity index (χ3n) is 4.43. The number of benzene rings is 1. The first-order valence-electron chi connectivity index (χ1n) is 9.13. The summed E-state index contributed by atoms with van der Waals surface area (Å²) in [5.41, 5.74) is 3.30. The average Bonchev–Trinajstić information content (AvgIpc) is 3.43. The summed E-state index contributed by atoms with van der Waals surface area (Å²) in [5.74, 6) is -0.132. The van der Waals surface area contributed by atoms with Gasteiger partial charge in [-0.2, -0.15) is 10.4 Å². The van der Waals surface area contributed by atoms with Crippen molar-refractivity contribution < 1.29 is 9.50 Å². The molecular formula is C21H17FN6OS. The number of thiazole rings is 1. The molecular weight excluding hydrogens is 403 g/mol. The number of nitrogens with zero attached hydrogens (tertiary/aromatic N) is 5. The number of pyridine rings is 1. The van der Waals surface area contributed by atoms with Gasteiger partial charge in [0.05, 0.1) is 23.0 Å². The highest BCUT2D eigenvalue weighted by atomic mass is 32.1. The van der Waals surface area contributed by atoms with Gasteiger partial charge in [-0.05, 0) is 37.3 Å². The molecule has 0 radical (unpaired) electrons. The Kier molecular flexibility index (Phi) is 5.52. The van der Waals surface area contributed by atoms with Crippen molar-refractivity contribution in [2.45, 2.75) is 13.3 Å². The molecule has 9 heteroatoms. The van der Waals surface area contributed by atoms with Crippen molar-refractivity contribution in [2.75, 3.05) is 11.9 Å². The van der Waals surface area contributed by atoms with Crippen molar-refractivity contribution in [3.8, 4) is 22.5 Å². The lowest BCUT2D eigenvalue weighted by atomic mass is 10.1. The van der Waals surface area contributed by atoms with Crippen LogP contribution in [0.15, 0.2) is 48.1 Å². The van der Waals surface area contributed by atoms with Gasteiger partial charge in [0.15, 0.2) is 0 Å². The van der Waals surface area contributed by atoms with Crippen LogP contribution in [0.4, 0.5) is 15.9 Å². The number of aliphatic hydroxyl groups is 1. The lowest BCUT2D eigenvalue weighted by molar-refractivity contribution is 0.299. The zero-order chi connectivity index (χ0) is 21.1. The van der Waals surface area contributed by atoms with Gasteiger partial charge in [-0.15, -0.1) is 11.3 Å². The maximum atomic E-state index is 14.4. The Balaban J connectivity index is 1.77. The molecule has 0 saturated carbocycles. The molecule has 0 amide bonds. The Morgan fingerprint density at radius 3 is 2.87 bits per heavy atom. The molecule has 0 spiro atoms. The van der Waals surface area contributed by atoms with E-state index in [0.29, 0.717) is 23.5 Å². The lowest BCUT2D eigenvalue weighted by Crippen LogP contribution is -2.10. The number of nitrogens with one attached hydrogen (secondary N) is 1. The smallest absolute Gasteiger partial charge is 0.147 e. The molecule has 0 fully saturated rings. The predicted octanol–water partition coefficient (Wildman–Crippen LogP) is 3.99. The van der Waals surface area contributed by atoms with Crippen molar-refractivity contribution in [3.63, 3.8) is 0 Å². The number of anilines is 2. The van der Waals surface area contributed by atoms with E-state index in [9.17, 15) is 9.50 Å². The van der Waals surface area contributed by atoms with Gasteiger partial charge >= 0.3 is 0 Å². The summed E-state index contributed by atoms with van der Waals surface area (Å²) in [6.07, 6.45) is 3.84.